The van der Waals surface area contributed by atoms with Gasteiger partial charge in [0, 0.05) is 16.8 Å². The van der Waals surface area contributed by atoms with E-state index in [0.29, 0.717) is 11.3 Å². The predicted octanol–water partition coefficient (Wildman–Crippen LogP) is 2.23. The number of carbonyl (C=O) groups excluding carboxylic acids is 3. The van der Waals surface area contributed by atoms with Crippen LogP contribution in [-0.4, -0.2) is 59.1 Å². The number of carboxylic acid groups (broad SMARTS) is 1. The van der Waals surface area contributed by atoms with E-state index in [0.717, 1.165) is 0 Å². The number of nitrogens with one attached hydrogen (secondary N) is 1. The van der Waals surface area contributed by atoms with Gasteiger partial charge in [0.25, 0.3) is 5.56 Å². The third-order valence-corrected chi connectivity index (χ3v) is 4.71. The number of methoxy groups -OCH3 is 1. The number of nitrogens with zero attached hydrogens (tertiary/aromatic N) is 1. The second-order valence-corrected chi connectivity index (χ2v) is 7.32. The van der Waals surface area contributed by atoms with Crippen LogP contribution in [0.5, 0.6) is 5.75 Å². The van der Waals surface area contributed by atoms with Gasteiger partial charge in [-0.3, -0.25) is 24.0 Å². The number of H-pyrrole nitrogens is 1. The zero-order valence-electron chi connectivity index (χ0n) is 20.7. The van der Waals surface area contributed by atoms with E-state index < -0.39 is 41.6 Å². The molecule has 0 aliphatic heterocycles. The van der Waals surface area contributed by atoms with Gasteiger partial charge in [0.2, 0.25) is 0 Å². The van der Waals surface area contributed by atoms with Crippen molar-refractivity contribution in [3.63, 3.8) is 0 Å². The average Bonchev–Trinajstić information content (AvgIpc) is 2.80. The second kappa shape index (κ2) is 14.3. The van der Waals surface area contributed by atoms with Crippen LogP contribution >= 0.6 is 0 Å². The molecule has 12 heteroatoms. The molecule has 36 heavy (non-hydrogen) atoms. The molecule has 1 aromatic heterocycles. The van der Waals surface area contributed by atoms with Gasteiger partial charge in [0.15, 0.2) is 11.6 Å². The highest BCUT2D eigenvalue weighted by atomic mass is 19.1. The van der Waals surface area contributed by atoms with Crippen molar-refractivity contribution in [1.29, 1.82) is 0 Å². The van der Waals surface area contributed by atoms with Gasteiger partial charge >= 0.3 is 17.9 Å². The third-order valence-electron chi connectivity index (χ3n) is 4.71. The summed E-state index contributed by atoms with van der Waals surface area (Å²) in [7, 11) is 1.35. The molecule has 0 fully saturated rings. The molecular formula is C24H29FN2O9. The molecule has 1 aromatic carbocycles. The van der Waals surface area contributed by atoms with Crippen molar-refractivity contribution in [3.8, 4) is 17.1 Å². The van der Waals surface area contributed by atoms with Gasteiger partial charge in [-0.05, 0) is 45.9 Å². The maximum absolute atomic E-state index is 13.7. The van der Waals surface area contributed by atoms with Crippen LogP contribution in [0.4, 0.5) is 4.39 Å². The maximum atomic E-state index is 13.7. The number of esters is 2. The fourth-order valence-corrected chi connectivity index (χ4v) is 2.94. The van der Waals surface area contributed by atoms with E-state index >= 15 is 0 Å². The van der Waals surface area contributed by atoms with Crippen molar-refractivity contribution in [2.75, 3.05) is 20.3 Å². The molecule has 1 atom stereocenters. The molecule has 0 spiro atoms. The molecule has 2 aromatic rings. The Bertz CT molecular complexity index is 1160. The van der Waals surface area contributed by atoms with E-state index in [9.17, 15) is 28.4 Å². The number of halogens is 1. The first-order chi connectivity index (χ1) is 16.9. The molecule has 0 aliphatic rings. The molecule has 0 saturated carbocycles. The van der Waals surface area contributed by atoms with Gasteiger partial charge in [0.1, 0.15) is 17.5 Å². The number of aliphatic carboxylic acids is 1. The number of carbonyl (C=O) groups is 4. The van der Waals surface area contributed by atoms with Crippen LogP contribution in [0.3, 0.4) is 0 Å². The topological polar surface area (TPSA) is 162 Å². The molecule has 196 valence electrons. The van der Waals surface area contributed by atoms with Crippen LogP contribution in [0.15, 0.2) is 23.0 Å². The fraction of sp³-hybridized carbons (Fsp3) is 0.417. The lowest BCUT2D eigenvalue weighted by molar-refractivity contribution is -0.157. The summed E-state index contributed by atoms with van der Waals surface area (Å²) < 4.78 is 27.8. The van der Waals surface area contributed by atoms with Crippen LogP contribution in [0.2, 0.25) is 0 Å². The summed E-state index contributed by atoms with van der Waals surface area (Å²) in [5, 5.41) is 8.75. The molecule has 0 radical (unpaired) electrons. The molecule has 0 saturated heterocycles. The van der Waals surface area contributed by atoms with Crippen LogP contribution in [0, 0.1) is 18.7 Å². The number of ether oxygens (including phenoxy) is 3. The predicted molar refractivity (Wildman–Crippen MR) is 125 cm³/mol. The molecule has 2 rings (SSSR count). The Labute approximate surface area is 206 Å². The summed E-state index contributed by atoms with van der Waals surface area (Å²) in [5.41, 5.74) is 0.208. The first-order valence-corrected chi connectivity index (χ1v) is 10.9. The summed E-state index contributed by atoms with van der Waals surface area (Å²) in [6.45, 7) is 6.50. The number of ketones is 1. The number of rotatable bonds is 10. The molecule has 1 heterocycles. The number of hydrogen-bond acceptors (Lipinski definition) is 9. The van der Waals surface area contributed by atoms with E-state index in [2.05, 4.69) is 19.4 Å². The second-order valence-electron chi connectivity index (χ2n) is 7.32. The zero-order valence-corrected chi connectivity index (χ0v) is 20.7. The molecular weight excluding hydrogens is 479 g/mol. The molecule has 2 N–H and O–H groups in total. The first kappa shape index (κ1) is 29.9. The van der Waals surface area contributed by atoms with Crippen molar-refractivity contribution in [2.24, 2.45) is 5.92 Å². The van der Waals surface area contributed by atoms with Gasteiger partial charge in [-0.1, -0.05) is 0 Å². The number of aryl methyl sites for hydroxylation is 1. The van der Waals surface area contributed by atoms with Gasteiger partial charge < -0.3 is 24.3 Å². The minimum Gasteiger partial charge on any atom is -0.494 e. The summed E-state index contributed by atoms with van der Waals surface area (Å²) in [5.74, 6) is -4.10. The maximum Gasteiger partial charge on any atom is 0.317 e. The number of benzene rings is 1. The number of carboxylic acids is 1. The lowest BCUT2D eigenvalue weighted by Gasteiger charge is -2.11. The summed E-state index contributed by atoms with van der Waals surface area (Å²) >= 11 is 0. The number of Topliss-reactive ketones (excluding diaryl/α,β-unsaturated/α-hetero) is 1. The number of hydrogen-bond donors (Lipinski definition) is 2. The van der Waals surface area contributed by atoms with E-state index in [1.807, 2.05) is 0 Å². The molecule has 1 unspecified atom stereocenters. The average molecular weight is 508 g/mol. The van der Waals surface area contributed by atoms with Crippen molar-refractivity contribution in [2.45, 2.75) is 40.5 Å². The largest absolute Gasteiger partial charge is 0.494 e. The minimum atomic E-state index is -1.12. The monoisotopic (exact) mass is 508 g/mol. The van der Waals surface area contributed by atoms with Gasteiger partial charge in [-0.2, -0.15) is 0 Å². The van der Waals surface area contributed by atoms with Crippen LogP contribution < -0.4 is 10.3 Å². The number of aromatic amines is 1. The van der Waals surface area contributed by atoms with Crippen molar-refractivity contribution < 1.29 is 42.9 Å². The highest BCUT2D eigenvalue weighted by Crippen LogP contribution is 2.23. The van der Waals surface area contributed by atoms with E-state index in [1.165, 1.54) is 33.1 Å². The van der Waals surface area contributed by atoms with Crippen LogP contribution in [0.1, 0.15) is 38.4 Å². The van der Waals surface area contributed by atoms with Gasteiger partial charge in [0.05, 0.1) is 33.2 Å². The molecule has 0 aliphatic carbocycles. The molecule has 0 bridgehead atoms. The highest BCUT2D eigenvalue weighted by molar-refractivity contribution is 6.00. The van der Waals surface area contributed by atoms with E-state index in [1.54, 1.807) is 19.9 Å². The summed E-state index contributed by atoms with van der Waals surface area (Å²) in [6.07, 6.45) is -0.659. The Morgan fingerprint density at radius 3 is 2.25 bits per heavy atom. The fourth-order valence-electron chi connectivity index (χ4n) is 2.94. The Kier molecular flexibility index (Phi) is 11.9. The Morgan fingerprint density at radius 1 is 1.14 bits per heavy atom. The van der Waals surface area contributed by atoms with Crippen LogP contribution in [-0.2, 0) is 35.1 Å². The Hall–Kier alpha value is -4.09. The smallest absolute Gasteiger partial charge is 0.317 e. The first-order valence-electron chi connectivity index (χ1n) is 10.9. The lowest BCUT2D eigenvalue weighted by Crippen LogP contribution is -2.27. The molecule has 11 nitrogen and oxygen atoms in total. The Balaban J connectivity index is 0.000000384. The van der Waals surface area contributed by atoms with Crippen molar-refractivity contribution >= 4 is 23.7 Å². The normalized spacial score (nSPS) is 10.9. The van der Waals surface area contributed by atoms with Gasteiger partial charge in [-0.25, -0.2) is 9.37 Å². The van der Waals surface area contributed by atoms with E-state index in [4.69, 9.17) is 9.84 Å². The summed E-state index contributed by atoms with van der Waals surface area (Å²) in [4.78, 5) is 62.6. The van der Waals surface area contributed by atoms with Crippen molar-refractivity contribution in [1.82, 2.24) is 9.97 Å². The number of aromatic nitrogens is 2. The SMILES string of the molecule is CCOC(=O)CC(C(C)=O)C(=O)OCC.COc1ccc(-c2nc(C)c(CC(=O)O)c(=O)[nH]2)cc1F. The highest BCUT2D eigenvalue weighted by Gasteiger charge is 2.28. The summed E-state index contributed by atoms with van der Waals surface area (Å²) in [6, 6.07) is 4.16. The lowest BCUT2D eigenvalue weighted by atomic mass is 10.0. The Morgan fingerprint density at radius 2 is 1.78 bits per heavy atom. The van der Waals surface area contributed by atoms with Crippen LogP contribution in [0.25, 0.3) is 11.4 Å². The van der Waals surface area contributed by atoms with Gasteiger partial charge in [-0.15, -0.1) is 0 Å². The quantitative estimate of drug-likeness (QED) is 0.359. The third kappa shape index (κ3) is 8.93. The molecule has 0 amide bonds. The minimum absolute atomic E-state index is 0.0835. The van der Waals surface area contributed by atoms with E-state index in [-0.39, 0.29) is 42.6 Å². The zero-order chi connectivity index (χ0) is 27.4. The standard InChI is InChI=1S/C14H13FN2O4.C10H16O5/c1-7-9(6-12(18)19)14(20)17-13(16-7)8-3-4-11(21-2)10(15)5-8;1-4-14-9(12)6-8(7(3)11)10(13)15-5-2/h3-5H,6H2,1-2H3,(H,18,19)(H,16,17,20);8H,4-6H2,1-3H3. The van der Waals surface area contributed by atoms with Crippen molar-refractivity contribution in [3.05, 3.63) is 45.6 Å².